The molecule has 0 bridgehead atoms. The summed E-state index contributed by atoms with van der Waals surface area (Å²) in [5, 5.41) is 2.57. The van der Waals surface area contributed by atoms with Gasteiger partial charge in [-0.05, 0) is 45.1 Å². The predicted octanol–water partition coefficient (Wildman–Crippen LogP) is 1.02. The Hall–Kier alpha value is -0.560. The van der Waals surface area contributed by atoms with Crippen molar-refractivity contribution in [2.45, 2.75) is 45.1 Å². The molecule has 0 saturated carbocycles. The molecule has 0 aromatic carbocycles. The highest BCUT2D eigenvalue weighted by Gasteiger charge is 2.27. The number of nitrogens with two attached hydrogens (primary N) is 1. The fourth-order valence-electron chi connectivity index (χ4n) is 3.56. The van der Waals surface area contributed by atoms with Crippen LogP contribution in [0.1, 0.15) is 39.0 Å². The van der Waals surface area contributed by atoms with Gasteiger partial charge in [0, 0.05) is 25.7 Å². The van der Waals surface area contributed by atoms with E-state index in [0.717, 1.165) is 26.1 Å². The van der Waals surface area contributed by atoms with Gasteiger partial charge in [0.2, 0.25) is 11.8 Å². The van der Waals surface area contributed by atoms with E-state index in [1.54, 1.807) is 0 Å². The second kappa shape index (κ2) is 11.9. The summed E-state index contributed by atoms with van der Waals surface area (Å²) in [7, 11) is 0. The van der Waals surface area contributed by atoms with Gasteiger partial charge < -0.3 is 20.9 Å². The number of nitrogens with one attached hydrogen (secondary N) is 1. The van der Waals surface area contributed by atoms with Crippen molar-refractivity contribution >= 4 is 36.6 Å². The Morgan fingerprint density at radius 3 is 2.54 bits per heavy atom. The van der Waals surface area contributed by atoms with E-state index in [1.165, 1.54) is 32.2 Å². The number of halogens is 2. The van der Waals surface area contributed by atoms with Crippen molar-refractivity contribution in [2.24, 2.45) is 11.7 Å². The van der Waals surface area contributed by atoms with Crippen LogP contribution >= 0.6 is 24.8 Å². The SMILES string of the molecule is CC1CCCCN1CC1CCCN(C(=O)CNC(=O)CN)C1.Cl.Cl. The van der Waals surface area contributed by atoms with Crippen molar-refractivity contribution < 1.29 is 9.59 Å². The molecule has 2 amide bonds. The maximum Gasteiger partial charge on any atom is 0.241 e. The van der Waals surface area contributed by atoms with Crippen LogP contribution in [0.5, 0.6) is 0 Å². The molecule has 2 heterocycles. The highest BCUT2D eigenvalue weighted by atomic mass is 35.5. The minimum Gasteiger partial charge on any atom is -0.346 e. The molecule has 2 rings (SSSR count). The fraction of sp³-hybridized carbons (Fsp3) is 0.875. The maximum atomic E-state index is 12.2. The third-order valence-corrected chi connectivity index (χ3v) is 4.93. The van der Waals surface area contributed by atoms with Gasteiger partial charge in [-0.15, -0.1) is 24.8 Å². The van der Waals surface area contributed by atoms with Crippen LogP contribution in [-0.4, -0.2) is 66.9 Å². The molecule has 24 heavy (non-hydrogen) atoms. The number of likely N-dealkylation sites (tertiary alicyclic amines) is 2. The first-order valence-electron chi connectivity index (χ1n) is 8.58. The predicted molar refractivity (Wildman–Crippen MR) is 101 cm³/mol. The first-order chi connectivity index (χ1) is 10.6. The Balaban J connectivity index is 0.00000264. The summed E-state index contributed by atoms with van der Waals surface area (Å²) in [5.74, 6) is 0.297. The van der Waals surface area contributed by atoms with E-state index in [1.807, 2.05) is 4.90 Å². The first-order valence-corrected chi connectivity index (χ1v) is 8.58. The lowest BCUT2D eigenvalue weighted by Crippen LogP contribution is -2.49. The number of nitrogens with zero attached hydrogens (tertiary/aromatic N) is 2. The standard InChI is InChI=1S/C16H30N4O2.2ClH/c1-13-5-2-3-7-19(13)11-14-6-4-8-20(12-14)16(22)10-18-15(21)9-17;;/h13-14H,2-12,17H2,1H3,(H,18,21);2*1H. The molecule has 0 aliphatic carbocycles. The Kier molecular flexibility index (Phi) is 11.6. The summed E-state index contributed by atoms with van der Waals surface area (Å²) in [6.45, 7) is 6.24. The minimum absolute atomic E-state index is 0. The van der Waals surface area contributed by atoms with E-state index in [4.69, 9.17) is 5.73 Å². The molecule has 0 aromatic heterocycles. The monoisotopic (exact) mass is 382 g/mol. The van der Waals surface area contributed by atoms with Crippen molar-refractivity contribution in [3.63, 3.8) is 0 Å². The summed E-state index contributed by atoms with van der Waals surface area (Å²) >= 11 is 0. The molecule has 2 saturated heterocycles. The van der Waals surface area contributed by atoms with E-state index in [9.17, 15) is 9.59 Å². The zero-order valence-electron chi connectivity index (χ0n) is 14.5. The highest BCUT2D eigenvalue weighted by molar-refractivity contribution is 5.86. The van der Waals surface area contributed by atoms with Crippen LogP contribution in [0.3, 0.4) is 0 Å². The van der Waals surface area contributed by atoms with Gasteiger partial charge in [-0.3, -0.25) is 9.59 Å². The van der Waals surface area contributed by atoms with Gasteiger partial charge in [-0.25, -0.2) is 0 Å². The van der Waals surface area contributed by atoms with Crippen LogP contribution in [-0.2, 0) is 9.59 Å². The Morgan fingerprint density at radius 1 is 1.12 bits per heavy atom. The maximum absolute atomic E-state index is 12.2. The number of carbonyl (C=O) groups excluding carboxylic acids is 2. The molecule has 142 valence electrons. The average Bonchev–Trinajstić information content (AvgIpc) is 2.54. The summed E-state index contributed by atoms with van der Waals surface area (Å²) in [6, 6.07) is 0.670. The topological polar surface area (TPSA) is 78.7 Å². The second-order valence-corrected chi connectivity index (χ2v) is 6.67. The van der Waals surface area contributed by atoms with Crippen LogP contribution < -0.4 is 11.1 Å². The van der Waals surface area contributed by atoms with Crippen molar-refractivity contribution in [2.75, 3.05) is 39.3 Å². The Bertz CT molecular complexity index is 398. The molecular formula is C16H32Cl2N4O2. The molecule has 0 radical (unpaired) electrons. The molecule has 0 spiro atoms. The van der Waals surface area contributed by atoms with Gasteiger partial charge in [0.25, 0.3) is 0 Å². The highest BCUT2D eigenvalue weighted by Crippen LogP contribution is 2.22. The van der Waals surface area contributed by atoms with Crippen LogP contribution in [0, 0.1) is 5.92 Å². The lowest BCUT2D eigenvalue weighted by atomic mass is 9.94. The number of hydrogen-bond acceptors (Lipinski definition) is 4. The molecule has 0 aromatic rings. The number of rotatable bonds is 5. The average molecular weight is 383 g/mol. The second-order valence-electron chi connectivity index (χ2n) is 6.67. The van der Waals surface area contributed by atoms with Crippen LogP contribution in [0.2, 0.25) is 0 Å². The zero-order valence-corrected chi connectivity index (χ0v) is 16.2. The van der Waals surface area contributed by atoms with Crippen LogP contribution in [0.4, 0.5) is 0 Å². The third-order valence-electron chi connectivity index (χ3n) is 4.93. The fourth-order valence-corrected chi connectivity index (χ4v) is 3.56. The first kappa shape index (κ1) is 23.4. The van der Waals surface area contributed by atoms with Crippen LogP contribution in [0.15, 0.2) is 0 Å². The molecule has 6 nitrogen and oxygen atoms in total. The van der Waals surface area contributed by atoms with E-state index in [-0.39, 0.29) is 49.7 Å². The van der Waals surface area contributed by atoms with Crippen molar-refractivity contribution in [1.82, 2.24) is 15.1 Å². The normalized spacial score (nSPS) is 24.5. The van der Waals surface area contributed by atoms with E-state index in [0.29, 0.717) is 12.0 Å². The van der Waals surface area contributed by atoms with Gasteiger partial charge in [0.15, 0.2) is 0 Å². The van der Waals surface area contributed by atoms with Crippen molar-refractivity contribution in [3.8, 4) is 0 Å². The quantitative estimate of drug-likeness (QED) is 0.743. The molecule has 2 unspecified atom stereocenters. The smallest absolute Gasteiger partial charge is 0.241 e. The van der Waals surface area contributed by atoms with E-state index >= 15 is 0 Å². The van der Waals surface area contributed by atoms with Gasteiger partial charge >= 0.3 is 0 Å². The number of hydrogen-bond donors (Lipinski definition) is 2. The number of piperidine rings is 2. The zero-order chi connectivity index (χ0) is 15.9. The van der Waals surface area contributed by atoms with Crippen molar-refractivity contribution in [3.05, 3.63) is 0 Å². The van der Waals surface area contributed by atoms with Crippen LogP contribution in [0.25, 0.3) is 0 Å². The van der Waals surface area contributed by atoms with Gasteiger partial charge in [0.05, 0.1) is 13.1 Å². The van der Waals surface area contributed by atoms with Gasteiger partial charge in [-0.2, -0.15) is 0 Å². The lowest BCUT2D eigenvalue weighted by Gasteiger charge is -2.39. The molecule has 8 heteroatoms. The minimum atomic E-state index is -0.274. The van der Waals surface area contributed by atoms with Gasteiger partial charge in [0.1, 0.15) is 0 Å². The molecule has 2 fully saturated rings. The molecule has 2 aliphatic heterocycles. The number of carbonyl (C=O) groups is 2. The van der Waals surface area contributed by atoms with Gasteiger partial charge in [-0.1, -0.05) is 6.42 Å². The molecule has 3 N–H and O–H groups in total. The summed E-state index contributed by atoms with van der Waals surface area (Å²) in [4.78, 5) is 27.8. The molecule has 2 atom stereocenters. The Labute approximate surface area is 157 Å². The van der Waals surface area contributed by atoms with E-state index < -0.39 is 0 Å². The summed E-state index contributed by atoms with van der Waals surface area (Å²) < 4.78 is 0. The molecular weight excluding hydrogens is 351 g/mol. The largest absolute Gasteiger partial charge is 0.346 e. The summed E-state index contributed by atoms with van der Waals surface area (Å²) in [5.41, 5.74) is 5.23. The summed E-state index contributed by atoms with van der Waals surface area (Å²) in [6.07, 6.45) is 6.19. The van der Waals surface area contributed by atoms with E-state index in [2.05, 4.69) is 17.1 Å². The lowest BCUT2D eigenvalue weighted by molar-refractivity contribution is -0.134. The third kappa shape index (κ3) is 7.13. The Morgan fingerprint density at radius 2 is 1.88 bits per heavy atom. The number of amides is 2. The van der Waals surface area contributed by atoms with Crippen molar-refractivity contribution in [1.29, 1.82) is 0 Å². The molecule has 2 aliphatic rings.